The van der Waals surface area contributed by atoms with Crippen LogP contribution in [0, 0.1) is 0 Å². The number of benzene rings is 1. The lowest BCUT2D eigenvalue weighted by molar-refractivity contribution is 0.305. The summed E-state index contributed by atoms with van der Waals surface area (Å²) in [5.74, 6) is 0.865. The van der Waals surface area contributed by atoms with Crippen LogP contribution < -0.4 is 10.5 Å². The molecule has 0 aliphatic heterocycles. The van der Waals surface area contributed by atoms with Gasteiger partial charge in [0.1, 0.15) is 12.4 Å². The van der Waals surface area contributed by atoms with Crippen molar-refractivity contribution in [2.24, 2.45) is 5.73 Å². The Morgan fingerprint density at radius 1 is 1.26 bits per heavy atom. The Labute approximate surface area is 126 Å². The number of thiophene rings is 1. The molecule has 0 saturated carbocycles. The monoisotopic (exact) mass is 339 g/mol. The third kappa shape index (κ3) is 3.81. The quantitative estimate of drug-likeness (QED) is 0.858. The van der Waals surface area contributed by atoms with E-state index in [-0.39, 0.29) is 6.04 Å². The number of hydrogen-bond acceptors (Lipinski definition) is 3. The molecule has 2 N–H and O–H groups in total. The van der Waals surface area contributed by atoms with Gasteiger partial charge in [-0.25, -0.2) is 0 Å². The van der Waals surface area contributed by atoms with Gasteiger partial charge in [0.15, 0.2) is 0 Å². The molecule has 0 spiro atoms. The lowest BCUT2D eigenvalue weighted by Crippen LogP contribution is -2.08. The highest BCUT2D eigenvalue weighted by Crippen LogP contribution is 2.29. The van der Waals surface area contributed by atoms with E-state index in [1.54, 1.807) is 11.3 Å². The van der Waals surface area contributed by atoms with Crippen molar-refractivity contribution in [2.75, 3.05) is 0 Å². The molecule has 1 aromatic heterocycles. The molecule has 2 aromatic rings. The number of nitrogens with two attached hydrogens (primary N) is 1. The highest BCUT2D eigenvalue weighted by molar-refractivity contribution is 9.10. The molecule has 0 bridgehead atoms. The molecule has 0 radical (unpaired) electrons. The number of halogens is 1. The summed E-state index contributed by atoms with van der Waals surface area (Å²) in [5.41, 5.74) is 7.01. The third-order valence-corrected chi connectivity index (χ3v) is 4.59. The van der Waals surface area contributed by atoms with Crippen molar-refractivity contribution in [1.82, 2.24) is 0 Å². The van der Waals surface area contributed by atoms with E-state index in [0.29, 0.717) is 6.61 Å². The minimum absolute atomic E-state index is 0.0398. The molecular formula is C15H18BrNOS. The maximum absolute atomic E-state index is 5.98. The van der Waals surface area contributed by atoms with Crippen molar-refractivity contribution in [3.05, 3.63) is 50.1 Å². The van der Waals surface area contributed by atoms with Gasteiger partial charge in [-0.3, -0.25) is 0 Å². The molecule has 4 heteroatoms. The Bertz CT molecular complexity index is 551. The summed E-state index contributed by atoms with van der Waals surface area (Å²) in [4.78, 5) is 2.64. The minimum Gasteiger partial charge on any atom is -0.488 e. The predicted octanol–water partition coefficient (Wildman–Crippen LogP) is 4.67. The van der Waals surface area contributed by atoms with Gasteiger partial charge in [-0.2, -0.15) is 0 Å². The molecule has 1 atom stereocenters. The maximum Gasteiger partial charge on any atom is 0.124 e. The van der Waals surface area contributed by atoms with E-state index in [2.05, 4.69) is 35.0 Å². The van der Waals surface area contributed by atoms with Crippen LogP contribution in [-0.4, -0.2) is 0 Å². The van der Waals surface area contributed by atoms with Crippen LogP contribution >= 0.6 is 27.3 Å². The van der Waals surface area contributed by atoms with E-state index in [9.17, 15) is 0 Å². The zero-order valence-electron chi connectivity index (χ0n) is 11.2. The Kier molecular flexibility index (Phi) is 5.02. The summed E-state index contributed by atoms with van der Waals surface area (Å²) in [6.45, 7) is 4.74. The SMILES string of the molecule is CCc1ccc(COc2ccc(Br)cc2C(C)N)s1. The molecule has 1 unspecified atom stereocenters. The van der Waals surface area contributed by atoms with Crippen molar-refractivity contribution < 1.29 is 4.74 Å². The van der Waals surface area contributed by atoms with Crippen LogP contribution in [-0.2, 0) is 13.0 Å². The summed E-state index contributed by atoms with van der Waals surface area (Å²) in [6, 6.07) is 10.2. The zero-order chi connectivity index (χ0) is 13.8. The molecule has 0 saturated heterocycles. The van der Waals surface area contributed by atoms with Crippen molar-refractivity contribution in [3.63, 3.8) is 0 Å². The first-order valence-electron chi connectivity index (χ1n) is 6.35. The van der Waals surface area contributed by atoms with E-state index in [1.807, 2.05) is 25.1 Å². The second kappa shape index (κ2) is 6.55. The number of hydrogen-bond donors (Lipinski definition) is 1. The van der Waals surface area contributed by atoms with Crippen molar-refractivity contribution in [3.8, 4) is 5.75 Å². The van der Waals surface area contributed by atoms with Crippen LogP contribution in [0.15, 0.2) is 34.8 Å². The van der Waals surface area contributed by atoms with Gasteiger partial charge in [-0.05, 0) is 43.7 Å². The number of rotatable bonds is 5. The van der Waals surface area contributed by atoms with Crippen molar-refractivity contribution in [2.45, 2.75) is 32.9 Å². The van der Waals surface area contributed by atoms with E-state index < -0.39 is 0 Å². The maximum atomic E-state index is 5.98. The highest BCUT2D eigenvalue weighted by Gasteiger charge is 2.09. The molecule has 1 aromatic carbocycles. The summed E-state index contributed by atoms with van der Waals surface area (Å²) in [6.07, 6.45) is 1.08. The first-order chi connectivity index (χ1) is 9.10. The van der Waals surface area contributed by atoms with E-state index in [1.165, 1.54) is 9.75 Å². The number of aryl methyl sites for hydroxylation is 1. The lowest BCUT2D eigenvalue weighted by Gasteiger charge is -2.14. The Hall–Kier alpha value is -0.840. The minimum atomic E-state index is -0.0398. The molecule has 1 heterocycles. The second-order valence-corrected chi connectivity index (χ2v) is 6.65. The number of ether oxygens (including phenoxy) is 1. The molecule has 0 aliphatic rings. The first-order valence-corrected chi connectivity index (χ1v) is 7.96. The Morgan fingerprint density at radius 2 is 2.00 bits per heavy atom. The van der Waals surface area contributed by atoms with Crippen LogP contribution in [0.5, 0.6) is 5.75 Å². The van der Waals surface area contributed by atoms with Crippen molar-refractivity contribution in [1.29, 1.82) is 0 Å². The normalized spacial score (nSPS) is 12.4. The second-order valence-electron chi connectivity index (χ2n) is 4.48. The van der Waals surface area contributed by atoms with Crippen molar-refractivity contribution >= 4 is 27.3 Å². The van der Waals surface area contributed by atoms with E-state index >= 15 is 0 Å². The molecule has 0 amide bonds. The third-order valence-electron chi connectivity index (χ3n) is 2.90. The predicted molar refractivity (Wildman–Crippen MR) is 84.8 cm³/mol. The average molecular weight is 340 g/mol. The van der Waals surface area contributed by atoms with E-state index in [4.69, 9.17) is 10.5 Å². The molecule has 102 valence electrons. The fraction of sp³-hybridized carbons (Fsp3) is 0.333. The fourth-order valence-electron chi connectivity index (χ4n) is 1.85. The summed E-state index contributed by atoms with van der Waals surface area (Å²) < 4.78 is 6.93. The lowest BCUT2D eigenvalue weighted by atomic mass is 10.1. The first kappa shape index (κ1) is 14.6. The largest absolute Gasteiger partial charge is 0.488 e. The molecular weight excluding hydrogens is 322 g/mol. The summed E-state index contributed by atoms with van der Waals surface area (Å²) in [7, 11) is 0. The topological polar surface area (TPSA) is 35.2 Å². The average Bonchev–Trinajstić information content (AvgIpc) is 2.85. The van der Waals surface area contributed by atoms with Gasteiger partial charge in [0, 0.05) is 25.8 Å². The van der Waals surface area contributed by atoms with Gasteiger partial charge in [0.05, 0.1) is 0 Å². The van der Waals surface area contributed by atoms with Gasteiger partial charge in [0.2, 0.25) is 0 Å². The molecule has 0 fully saturated rings. The van der Waals surface area contributed by atoms with Gasteiger partial charge in [-0.15, -0.1) is 11.3 Å². The Balaban J connectivity index is 2.10. The van der Waals surface area contributed by atoms with Crippen LogP contribution in [0.25, 0.3) is 0 Å². The van der Waals surface area contributed by atoms with Crippen LogP contribution in [0.2, 0.25) is 0 Å². The fourth-order valence-corrected chi connectivity index (χ4v) is 3.10. The highest BCUT2D eigenvalue weighted by atomic mass is 79.9. The standard InChI is InChI=1S/C15H18BrNOS/c1-3-12-5-6-13(19-12)9-18-15-7-4-11(16)8-14(15)10(2)17/h4-8,10H,3,9,17H2,1-2H3. The molecule has 0 aliphatic carbocycles. The molecule has 2 rings (SSSR count). The molecule has 2 nitrogen and oxygen atoms in total. The van der Waals surface area contributed by atoms with Gasteiger partial charge >= 0.3 is 0 Å². The smallest absolute Gasteiger partial charge is 0.124 e. The van der Waals surface area contributed by atoms with Crippen LogP contribution in [0.3, 0.4) is 0 Å². The van der Waals surface area contributed by atoms with Gasteiger partial charge in [0.25, 0.3) is 0 Å². The summed E-state index contributed by atoms with van der Waals surface area (Å²) >= 11 is 5.27. The van der Waals surface area contributed by atoms with Gasteiger partial charge in [-0.1, -0.05) is 22.9 Å². The van der Waals surface area contributed by atoms with Crippen LogP contribution in [0.4, 0.5) is 0 Å². The van der Waals surface area contributed by atoms with E-state index in [0.717, 1.165) is 22.2 Å². The summed E-state index contributed by atoms with van der Waals surface area (Å²) in [5, 5.41) is 0. The molecule has 19 heavy (non-hydrogen) atoms. The van der Waals surface area contributed by atoms with Gasteiger partial charge < -0.3 is 10.5 Å². The Morgan fingerprint density at radius 3 is 2.63 bits per heavy atom. The zero-order valence-corrected chi connectivity index (χ0v) is 13.6. The van der Waals surface area contributed by atoms with Crippen LogP contribution in [0.1, 0.15) is 35.2 Å².